The van der Waals surface area contributed by atoms with E-state index in [9.17, 15) is 13.2 Å². The molecule has 2 aliphatic rings. The molecule has 0 aromatic carbocycles. The third-order valence-corrected chi connectivity index (χ3v) is 5.88. The van der Waals surface area contributed by atoms with Crippen LogP contribution in [-0.2, 0) is 0 Å². The first-order chi connectivity index (χ1) is 11.5. The fraction of sp³-hybridized carbons (Fsp3) is 0.500. The molecule has 0 unspecified atom stereocenters. The van der Waals surface area contributed by atoms with E-state index in [2.05, 4.69) is 9.97 Å². The average Bonchev–Trinajstić information content (AvgIpc) is 3.22. The van der Waals surface area contributed by atoms with Crippen molar-refractivity contribution in [1.29, 1.82) is 0 Å². The Morgan fingerprint density at radius 2 is 1.83 bits per heavy atom. The molecule has 0 amide bonds. The molecular weight excluding hydrogens is 337 g/mol. The van der Waals surface area contributed by atoms with Gasteiger partial charge in [0.05, 0.1) is 5.41 Å². The lowest BCUT2D eigenvalue weighted by Gasteiger charge is -2.45. The van der Waals surface area contributed by atoms with E-state index in [-0.39, 0.29) is 25.3 Å². The van der Waals surface area contributed by atoms with Crippen LogP contribution in [-0.4, -0.2) is 42.1 Å². The molecule has 2 fully saturated rings. The monoisotopic (exact) mass is 354 g/mol. The van der Waals surface area contributed by atoms with Crippen molar-refractivity contribution in [3.8, 4) is 0 Å². The molecule has 24 heavy (non-hydrogen) atoms. The molecule has 4 nitrogen and oxygen atoms in total. The molecule has 2 aromatic heterocycles. The Morgan fingerprint density at radius 3 is 2.58 bits per heavy atom. The number of halogens is 3. The maximum atomic E-state index is 14.8. The first-order valence-electron chi connectivity index (χ1n) is 7.89. The van der Waals surface area contributed by atoms with Crippen molar-refractivity contribution < 1.29 is 13.2 Å². The molecule has 8 heteroatoms. The maximum absolute atomic E-state index is 14.8. The molecule has 2 saturated heterocycles. The molecule has 4 rings (SSSR count). The van der Waals surface area contributed by atoms with E-state index in [4.69, 9.17) is 0 Å². The number of hydrogen-bond acceptors (Lipinski definition) is 5. The molecule has 128 valence electrons. The Bertz CT molecular complexity index is 724. The molecule has 0 N–H and O–H groups in total. The second kappa shape index (κ2) is 5.61. The van der Waals surface area contributed by atoms with Gasteiger partial charge in [-0.3, -0.25) is 0 Å². The van der Waals surface area contributed by atoms with E-state index < -0.39 is 17.2 Å². The summed E-state index contributed by atoms with van der Waals surface area (Å²) >= 11 is 1.46. The first-order valence-corrected chi connectivity index (χ1v) is 8.77. The number of nitrogens with zero attached hydrogens (tertiary/aromatic N) is 4. The summed E-state index contributed by atoms with van der Waals surface area (Å²) in [5, 5.41) is 2.62. The van der Waals surface area contributed by atoms with Gasteiger partial charge in [-0.15, -0.1) is 11.3 Å². The molecular formula is C16H17F3N4S. The molecule has 1 atom stereocenters. The highest BCUT2D eigenvalue weighted by Gasteiger charge is 2.60. The standard InChI is InChI=1S/C16H17F3N4S/c17-12-2-1-5-20-13(12)22-7-3-15(10-22)11-23(8-4-16(15,18)19)14-21-6-9-24-14/h1-2,5-6,9H,3-4,7-8,10-11H2/t15-/m0/s1. The van der Waals surface area contributed by atoms with Crippen molar-refractivity contribution in [2.24, 2.45) is 5.41 Å². The second-order valence-corrected chi connectivity index (χ2v) is 7.32. The summed E-state index contributed by atoms with van der Waals surface area (Å²) in [6.07, 6.45) is 3.29. The van der Waals surface area contributed by atoms with Crippen LogP contribution in [0, 0.1) is 11.2 Å². The van der Waals surface area contributed by atoms with Gasteiger partial charge in [0.25, 0.3) is 5.92 Å². The van der Waals surface area contributed by atoms with Gasteiger partial charge in [-0.25, -0.2) is 23.1 Å². The zero-order valence-corrected chi connectivity index (χ0v) is 13.8. The number of rotatable bonds is 2. The summed E-state index contributed by atoms with van der Waals surface area (Å²) in [7, 11) is 0. The van der Waals surface area contributed by atoms with E-state index in [1.807, 2.05) is 10.3 Å². The quantitative estimate of drug-likeness (QED) is 0.827. The summed E-state index contributed by atoms with van der Waals surface area (Å²) in [5.41, 5.74) is -1.19. The summed E-state index contributed by atoms with van der Waals surface area (Å²) in [6.45, 7) is 1.02. The van der Waals surface area contributed by atoms with Crippen LogP contribution in [0.3, 0.4) is 0 Å². The number of piperidine rings is 1. The number of thiazole rings is 1. The number of pyridine rings is 1. The van der Waals surface area contributed by atoms with Gasteiger partial charge in [0.15, 0.2) is 16.8 Å². The highest BCUT2D eigenvalue weighted by Crippen LogP contribution is 2.50. The minimum atomic E-state index is -2.78. The topological polar surface area (TPSA) is 32.3 Å². The van der Waals surface area contributed by atoms with Crippen LogP contribution >= 0.6 is 11.3 Å². The minimum Gasteiger partial charge on any atom is -0.353 e. The fourth-order valence-electron chi connectivity index (χ4n) is 3.73. The SMILES string of the molecule is Fc1cccnc1N1CC[C@@]2(CN(c3nccs3)CCC2(F)F)C1. The molecule has 0 bridgehead atoms. The number of anilines is 2. The predicted molar refractivity (Wildman–Crippen MR) is 87.3 cm³/mol. The van der Waals surface area contributed by atoms with E-state index in [1.165, 1.54) is 29.7 Å². The van der Waals surface area contributed by atoms with Crippen molar-refractivity contribution in [2.75, 3.05) is 36.0 Å². The van der Waals surface area contributed by atoms with Crippen molar-refractivity contribution in [3.05, 3.63) is 35.7 Å². The molecule has 2 aliphatic heterocycles. The Kier molecular flexibility index (Phi) is 3.67. The number of hydrogen-bond donors (Lipinski definition) is 0. The average molecular weight is 354 g/mol. The van der Waals surface area contributed by atoms with Crippen LogP contribution < -0.4 is 9.80 Å². The Morgan fingerprint density at radius 1 is 1.04 bits per heavy atom. The predicted octanol–water partition coefficient (Wildman–Crippen LogP) is 3.42. The van der Waals surface area contributed by atoms with Crippen LogP contribution in [0.25, 0.3) is 0 Å². The summed E-state index contributed by atoms with van der Waals surface area (Å²) in [4.78, 5) is 11.9. The molecule has 0 saturated carbocycles. The van der Waals surface area contributed by atoms with E-state index in [0.29, 0.717) is 19.5 Å². The second-order valence-electron chi connectivity index (χ2n) is 6.45. The van der Waals surface area contributed by atoms with Crippen molar-refractivity contribution in [1.82, 2.24) is 9.97 Å². The van der Waals surface area contributed by atoms with E-state index in [1.54, 1.807) is 11.1 Å². The molecule has 1 spiro atoms. The van der Waals surface area contributed by atoms with Crippen LogP contribution in [0.15, 0.2) is 29.9 Å². The van der Waals surface area contributed by atoms with Crippen molar-refractivity contribution >= 4 is 22.3 Å². The first kappa shape index (κ1) is 15.7. The van der Waals surface area contributed by atoms with Gasteiger partial charge in [-0.05, 0) is 18.6 Å². The van der Waals surface area contributed by atoms with Gasteiger partial charge < -0.3 is 9.80 Å². The smallest absolute Gasteiger partial charge is 0.258 e. The highest BCUT2D eigenvalue weighted by molar-refractivity contribution is 7.13. The third-order valence-electron chi connectivity index (χ3n) is 5.05. The molecule has 2 aromatic rings. The Hall–Kier alpha value is -1.83. The van der Waals surface area contributed by atoms with Crippen molar-refractivity contribution in [3.63, 3.8) is 0 Å². The van der Waals surface area contributed by atoms with E-state index >= 15 is 0 Å². The number of aromatic nitrogens is 2. The summed E-state index contributed by atoms with van der Waals surface area (Å²) < 4.78 is 43.5. The van der Waals surface area contributed by atoms with Crippen molar-refractivity contribution in [2.45, 2.75) is 18.8 Å². The highest BCUT2D eigenvalue weighted by atomic mass is 32.1. The molecule has 0 aliphatic carbocycles. The lowest BCUT2D eigenvalue weighted by Crippen LogP contribution is -2.57. The van der Waals surface area contributed by atoms with Gasteiger partial charge in [-0.1, -0.05) is 0 Å². The minimum absolute atomic E-state index is 0.107. The van der Waals surface area contributed by atoms with Gasteiger partial charge in [0.1, 0.15) is 0 Å². The fourth-order valence-corrected chi connectivity index (χ4v) is 4.40. The van der Waals surface area contributed by atoms with Crippen LogP contribution in [0.4, 0.5) is 24.1 Å². The Labute approximate surface area is 141 Å². The largest absolute Gasteiger partial charge is 0.353 e. The van der Waals surface area contributed by atoms with Gasteiger partial charge >= 0.3 is 0 Å². The molecule has 4 heterocycles. The number of alkyl halides is 2. The zero-order chi connectivity index (χ0) is 16.8. The summed E-state index contributed by atoms with van der Waals surface area (Å²) in [5.74, 6) is -3.08. The zero-order valence-electron chi connectivity index (χ0n) is 13.0. The van der Waals surface area contributed by atoms with Crippen LogP contribution in [0.5, 0.6) is 0 Å². The summed E-state index contributed by atoms with van der Waals surface area (Å²) in [6, 6.07) is 2.82. The van der Waals surface area contributed by atoms with Gasteiger partial charge in [-0.2, -0.15) is 0 Å². The lowest BCUT2D eigenvalue weighted by molar-refractivity contribution is -0.124. The van der Waals surface area contributed by atoms with Crippen LogP contribution in [0.1, 0.15) is 12.8 Å². The lowest BCUT2D eigenvalue weighted by atomic mass is 9.75. The van der Waals surface area contributed by atoms with Gasteiger partial charge in [0.2, 0.25) is 0 Å². The third kappa shape index (κ3) is 2.44. The molecule has 0 radical (unpaired) electrons. The van der Waals surface area contributed by atoms with Gasteiger partial charge in [0, 0.05) is 50.4 Å². The van der Waals surface area contributed by atoms with E-state index in [0.717, 1.165) is 5.13 Å². The Balaban J connectivity index is 1.61. The normalized spacial score (nSPS) is 26.3. The maximum Gasteiger partial charge on any atom is 0.258 e. The van der Waals surface area contributed by atoms with Crippen LogP contribution in [0.2, 0.25) is 0 Å².